The Morgan fingerprint density at radius 1 is 1.25 bits per heavy atom. The second-order valence-electron chi connectivity index (χ2n) is 7.81. The number of nitrogens with one attached hydrogen (secondary N) is 1. The summed E-state index contributed by atoms with van der Waals surface area (Å²) in [6.07, 6.45) is 3.07. The monoisotopic (exact) mass is 332 g/mol. The van der Waals surface area contributed by atoms with Crippen LogP contribution in [0.4, 0.5) is 4.79 Å². The van der Waals surface area contributed by atoms with Gasteiger partial charge in [0.05, 0.1) is 7.11 Å². The predicted octanol–water partition coefficient (Wildman–Crippen LogP) is 3.33. The average Bonchev–Trinajstić information content (AvgIpc) is 3.02. The first-order valence-electron chi connectivity index (χ1n) is 8.74. The van der Waals surface area contributed by atoms with Crippen molar-refractivity contribution < 1.29 is 14.3 Å². The summed E-state index contributed by atoms with van der Waals surface area (Å²) < 4.78 is 10.6. The Labute approximate surface area is 144 Å². The van der Waals surface area contributed by atoms with Crippen LogP contribution in [0, 0.1) is 0 Å². The fraction of sp³-hybridized carbons (Fsp3) is 0.632. The van der Waals surface area contributed by atoms with E-state index in [1.54, 1.807) is 7.11 Å². The number of methoxy groups -OCH3 is 1. The van der Waals surface area contributed by atoms with E-state index in [1.165, 1.54) is 12.0 Å². The molecule has 1 aromatic carbocycles. The molecular weight excluding hydrogens is 304 g/mol. The van der Waals surface area contributed by atoms with Crippen LogP contribution in [-0.4, -0.2) is 41.8 Å². The van der Waals surface area contributed by atoms with Crippen LogP contribution in [0.25, 0.3) is 0 Å². The number of carbonyl (C=O) groups excluding carboxylic acids is 1. The molecule has 0 aliphatic carbocycles. The number of fused-ring (bicyclic) bond motifs is 2. The van der Waals surface area contributed by atoms with Gasteiger partial charge in [0.2, 0.25) is 0 Å². The fourth-order valence-corrected chi connectivity index (χ4v) is 3.90. The summed E-state index contributed by atoms with van der Waals surface area (Å²) >= 11 is 0. The molecule has 1 amide bonds. The number of alkyl carbamates (subject to hydrolysis) is 1. The zero-order valence-corrected chi connectivity index (χ0v) is 15.0. The molecule has 5 heteroatoms. The van der Waals surface area contributed by atoms with E-state index < -0.39 is 5.60 Å². The van der Waals surface area contributed by atoms with Gasteiger partial charge in [-0.25, -0.2) is 4.79 Å². The Kier molecular flexibility index (Phi) is 4.72. The smallest absolute Gasteiger partial charge is 0.407 e. The van der Waals surface area contributed by atoms with Crippen LogP contribution in [0.2, 0.25) is 0 Å². The summed E-state index contributed by atoms with van der Waals surface area (Å²) in [5.41, 5.74) is 0.829. The van der Waals surface area contributed by atoms with Crippen LogP contribution >= 0.6 is 0 Å². The number of hydrogen-bond acceptors (Lipinski definition) is 4. The largest absolute Gasteiger partial charge is 0.497 e. The molecule has 2 aliphatic heterocycles. The van der Waals surface area contributed by atoms with Gasteiger partial charge >= 0.3 is 6.09 Å². The lowest BCUT2D eigenvalue weighted by Crippen LogP contribution is -2.45. The van der Waals surface area contributed by atoms with Gasteiger partial charge in [0.15, 0.2) is 0 Å². The van der Waals surface area contributed by atoms with Gasteiger partial charge in [-0.15, -0.1) is 0 Å². The molecule has 0 radical (unpaired) electrons. The normalized spacial score (nSPS) is 26.4. The summed E-state index contributed by atoms with van der Waals surface area (Å²) in [6.45, 7) is 6.60. The van der Waals surface area contributed by atoms with Crippen molar-refractivity contribution in [1.82, 2.24) is 10.2 Å². The zero-order chi connectivity index (χ0) is 17.3. The first-order chi connectivity index (χ1) is 11.4. The van der Waals surface area contributed by atoms with Crippen LogP contribution in [0.15, 0.2) is 24.3 Å². The van der Waals surface area contributed by atoms with Crippen molar-refractivity contribution in [2.75, 3.05) is 7.11 Å². The third kappa shape index (κ3) is 3.83. The van der Waals surface area contributed by atoms with E-state index in [9.17, 15) is 4.79 Å². The molecule has 0 aromatic heterocycles. The van der Waals surface area contributed by atoms with Crippen molar-refractivity contribution in [2.45, 2.75) is 70.3 Å². The number of hydrogen-bond donors (Lipinski definition) is 1. The summed E-state index contributed by atoms with van der Waals surface area (Å²) in [6, 6.07) is 9.39. The lowest BCUT2D eigenvalue weighted by molar-refractivity contribution is 0.0491. The Morgan fingerprint density at radius 3 is 2.58 bits per heavy atom. The number of rotatable bonds is 4. The standard InChI is InChI=1S/C19H28N2O3/c1-19(2,3)24-18(22)20-16-11-14-7-10-17(16)21(14)12-13-5-8-15(23-4)9-6-13/h5-6,8-9,14,16-17H,7,10-12H2,1-4H3,(H,20,22). The topological polar surface area (TPSA) is 50.8 Å². The number of carbonyl (C=O) groups is 1. The van der Waals surface area contributed by atoms with E-state index in [1.807, 2.05) is 32.9 Å². The van der Waals surface area contributed by atoms with Crippen molar-refractivity contribution in [1.29, 1.82) is 0 Å². The summed E-state index contributed by atoms with van der Waals surface area (Å²) in [5.74, 6) is 0.882. The van der Waals surface area contributed by atoms with Gasteiger partial charge in [-0.05, 0) is 57.7 Å². The number of amides is 1. The number of ether oxygens (including phenoxy) is 2. The van der Waals surface area contributed by atoms with E-state index in [4.69, 9.17) is 9.47 Å². The van der Waals surface area contributed by atoms with Crippen LogP contribution in [0.3, 0.4) is 0 Å². The van der Waals surface area contributed by atoms with E-state index in [-0.39, 0.29) is 12.1 Å². The highest BCUT2D eigenvalue weighted by Crippen LogP contribution is 2.39. The SMILES string of the molecule is COc1ccc(CN2C3CCC2C(NC(=O)OC(C)(C)C)C3)cc1. The Morgan fingerprint density at radius 2 is 1.96 bits per heavy atom. The molecule has 2 fully saturated rings. The van der Waals surface area contributed by atoms with Gasteiger partial charge in [0.25, 0.3) is 0 Å². The first kappa shape index (κ1) is 17.1. The number of nitrogens with zero attached hydrogens (tertiary/aromatic N) is 1. The van der Waals surface area contributed by atoms with Crippen molar-refractivity contribution in [3.8, 4) is 5.75 Å². The molecule has 5 nitrogen and oxygen atoms in total. The fourth-order valence-electron chi connectivity index (χ4n) is 3.90. The first-order valence-corrected chi connectivity index (χ1v) is 8.74. The van der Waals surface area contributed by atoms with Gasteiger partial charge < -0.3 is 14.8 Å². The molecule has 0 saturated carbocycles. The maximum absolute atomic E-state index is 12.1. The molecule has 0 spiro atoms. The van der Waals surface area contributed by atoms with Crippen LogP contribution in [-0.2, 0) is 11.3 Å². The molecule has 3 rings (SSSR count). The van der Waals surface area contributed by atoms with Crippen LogP contribution in [0.1, 0.15) is 45.6 Å². The summed E-state index contributed by atoms with van der Waals surface area (Å²) in [7, 11) is 1.68. The molecular formula is C19H28N2O3. The Balaban J connectivity index is 1.59. The molecule has 2 heterocycles. The van der Waals surface area contributed by atoms with Gasteiger partial charge in [-0.1, -0.05) is 12.1 Å². The quantitative estimate of drug-likeness (QED) is 0.919. The molecule has 1 aromatic rings. The highest BCUT2D eigenvalue weighted by molar-refractivity contribution is 5.68. The van der Waals surface area contributed by atoms with Crippen LogP contribution < -0.4 is 10.1 Å². The van der Waals surface area contributed by atoms with Crippen molar-refractivity contribution >= 4 is 6.09 Å². The number of benzene rings is 1. The van der Waals surface area contributed by atoms with Crippen molar-refractivity contribution in [3.63, 3.8) is 0 Å². The van der Waals surface area contributed by atoms with Crippen molar-refractivity contribution in [3.05, 3.63) is 29.8 Å². The minimum absolute atomic E-state index is 0.192. The lowest BCUT2D eigenvalue weighted by atomic mass is 9.96. The minimum Gasteiger partial charge on any atom is -0.497 e. The Hall–Kier alpha value is -1.75. The zero-order valence-electron chi connectivity index (χ0n) is 15.0. The third-order valence-corrected chi connectivity index (χ3v) is 4.91. The van der Waals surface area contributed by atoms with E-state index in [0.717, 1.165) is 25.1 Å². The second-order valence-corrected chi connectivity index (χ2v) is 7.81. The predicted molar refractivity (Wildman–Crippen MR) is 93.1 cm³/mol. The molecule has 1 N–H and O–H groups in total. The Bertz CT molecular complexity index is 579. The van der Waals surface area contributed by atoms with E-state index >= 15 is 0 Å². The van der Waals surface area contributed by atoms with Gasteiger partial charge in [-0.3, -0.25) is 4.90 Å². The third-order valence-electron chi connectivity index (χ3n) is 4.91. The molecule has 2 bridgehead atoms. The highest BCUT2D eigenvalue weighted by Gasteiger charge is 2.46. The van der Waals surface area contributed by atoms with E-state index in [0.29, 0.717) is 12.1 Å². The molecule has 132 valence electrons. The maximum Gasteiger partial charge on any atom is 0.407 e. The molecule has 2 aliphatic rings. The van der Waals surface area contributed by atoms with Gasteiger partial charge in [0, 0.05) is 24.7 Å². The summed E-state index contributed by atoms with van der Waals surface area (Å²) in [5, 5.41) is 3.08. The van der Waals surface area contributed by atoms with Crippen molar-refractivity contribution in [2.24, 2.45) is 0 Å². The molecule has 3 atom stereocenters. The maximum atomic E-state index is 12.1. The lowest BCUT2D eigenvalue weighted by Gasteiger charge is -2.27. The second kappa shape index (κ2) is 6.63. The van der Waals surface area contributed by atoms with E-state index in [2.05, 4.69) is 22.3 Å². The van der Waals surface area contributed by atoms with Gasteiger partial charge in [-0.2, -0.15) is 0 Å². The summed E-state index contributed by atoms with van der Waals surface area (Å²) in [4.78, 5) is 14.6. The average molecular weight is 332 g/mol. The highest BCUT2D eigenvalue weighted by atomic mass is 16.6. The van der Waals surface area contributed by atoms with Crippen LogP contribution in [0.5, 0.6) is 5.75 Å². The molecule has 2 saturated heterocycles. The molecule has 3 unspecified atom stereocenters. The minimum atomic E-state index is -0.454. The molecule has 24 heavy (non-hydrogen) atoms. The van der Waals surface area contributed by atoms with Gasteiger partial charge in [0.1, 0.15) is 11.4 Å².